The van der Waals surface area contributed by atoms with E-state index >= 15 is 0 Å². The van der Waals surface area contributed by atoms with Crippen molar-refractivity contribution in [3.63, 3.8) is 0 Å². The van der Waals surface area contributed by atoms with E-state index in [0.717, 1.165) is 5.56 Å². The van der Waals surface area contributed by atoms with Gasteiger partial charge in [0.05, 0.1) is 6.61 Å². The number of rotatable bonds is 6. The Morgan fingerprint density at radius 2 is 1.52 bits per heavy atom. The number of hydrogen-bond acceptors (Lipinski definition) is 8. The molecule has 8 nitrogen and oxygen atoms in total. The summed E-state index contributed by atoms with van der Waals surface area (Å²) in [5.41, 5.74) is 0.317. The van der Waals surface area contributed by atoms with Gasteiger partial charge in [0.1, 0.15) is 53.4 Å². The van der Waals surface area contributed by atoms with Crippen LogP contribution < -0.4 is 4.74 Å². The minimum atomic E-state index is -1.51. The van der Waals surface area contributed by atoms with E-state index in [9.17, 15) is 30.6 Å². The Labute approximate surface area is 180 Å². The molecule has 0 aromatic heterocycles. The summed E-state index contributed by atoms with van der Waals surface area (Å²) in [5.74, 6) is 0.431. The fraction of sp³-hybridized carbons (Fsp3) is 0.391. The lowest BCUT2D eigenvalue weighted by Gasteiger charge is -2.46. The van der Waals surface area contributed by atoms with Gasteiger partial charge in [0.25, 0.3) is 0 Å². The van der Waals surface area contributed by atoms with Crippen LogP contribution in [0.1, 0.15) is 25.0 Å². The standard InChI is InChI=1S/C23H28O8/c1-23(2,22-21(29)20(28)19(27)18(12-24)30-22)31-17-10-14(9-16(26)11-17)4-3-13-5-7-15(25)8-6-13/h3-11,18-22,24-29H,12H2,1-2H3/b4-3+. The second-order valence-corrected chi connectivity index (χ2v) is 8.14. The molecule has 1 saturated heterocycles. The normalized spacial score (nSPS) is 26.8. The molecule has 1 heterocycles. The first kappa shape index (κ1) is 23.1. The molecule has 1 aliphatic rings. The maximum Gasteiger partial charge on any atom is 0.132 e. The van der Waals surface area contributed by atoms with Crippen molar-refractivity contribution in [1.29, 1.82) is 0 Å². The third kappa shape index (κ3) is 5.36. The van der Waals surface area contributed by atoms with E-state index in [0.29, 0.717) is 11.3 Å². The van der Waals surface area contributed by atoms with Crippen LogP contribution in [0.15, 0.2) is 42.5 Å². The maximum atomic E-state index is 10.4. The Morgan fingerprint density at radius 3 is 2.16 bits per heavy atom. The van der Waals surface area contributed by atoms with Crippen LogP contribution in [-0.4, -0.2) is 73.4 Å². The summed E-state index contributed by atoms with van der Waals surface area (Å²) < 4.78 is 11.6. The molecule has 0 amide bonds. The molecule has 0 bridgehead atoms. The van der Waals surface area contributed by atoms with Crippen molar-refractivity contribution in [2.45, 2.75) is 50.0 Å². The molecule has 5 unspecified atom stereocenters. The number of phenolic OH excluding ortho intramolecular Hbond substituents is 2. The van der Waals surface area contributed by atoms with E-state index in [2.05, 4.69) is 0 Å². The van der Waals surface area contributed by atoms with Gasteiger partial charge in [-0.2, -0.15) is 0 Å². The molecule has 2 aromatic rings. The van der Waals surface area contributed by atoms with Crippen molar-refractivity contribution in [3.8, 4) is 17.2 Å². The average Bonchev–Trinajstić information content (AvgIpc) is 2.71. The fourth-order valence-electron chi connectivity index (χ4n) is 3.58. The molecule has 2 aromatic carbocycles. The molecule has 1 fully saturated rings. The number of aliphatic hydroxyl groups excluding tert-OH is 4. The third-order valence-electron chi connectivity index (χ3n) is 5.23. The summed E-state index contributed by atoms with van der Waals surface area (Å²) in [7, 11) is 0. The van der Waals surface area contributed by atoms with Crippen molar-refractivity contribution in [2.24, 2.45) is 0 Å². The third-order valence-corrected chi connectivity index (χ3v) is 5.23. The fourth-order valence-corrected chi connectivity index (χ4v) is 3.58. The smallest absolute Gasteiger partial charge is 0.132 e. The van der Waals surface area contributed by atoms with Crippen LogP contribution in [0.3, 0.4) is 0 Å². The zero-order chi connectivity index (χ0) is 22.8. The van der Waals surface area contributed by atoms with Crippen LogP contribution in [0.2, 0.25) is 0 Å². The predicted octanol–water partition coefficient (Wildman–Crippen LogP) is 1.27. The van der Waals surface area contributed by atoms with Crippen molar-refractivity contribution in [3.05, 3.63) is 53.6 Å². The lowest BCUT2D eigenvalue weighted by Crippen LogP contribution is -2.65. The molecule has 0 saturated carbocycles. The lowest BCUT2D eigenvalue weighted by molar-refractivity contribution is -0.259. The Bertz CT molecular complexity index is 906. The molecule has 0 aliphatic carbocycles. The molecule has 168 valence electrons. The highest BCUT2D eigenvalue weighted by Gasteiger charge is 2.50. The van der Waals surface area contributed by atoms with Crippen LogP contribution in [0.5, 0.6) is 17.2 Å². The van der Waals surface area contributed by atoms with Crippen LogP contribution in [0.4, 0.5) is 0 Å². The van der Waals surface area contributed by atoms with Crippen molar-refractivity contribution in [2.75, 3.05) is 6.61 Å². The van der Waals surface area contributed by atoms with Crippen LogP contribution in [0, 0.1) is 0 Å². The molecule has 3 rings (SSSR count). The van der Waals surface area contributed by atoms with Gasteiger partial charge in [-0.3, -0.25) is 0 Å². The Balaban J connectivity index is 1.80. The lowest BCUT2D eigenvalue weighted by atomic mass is 9.86. The highest BCUT2D eigenvalue weighted by Crippen LogP contribution is 2.33. The van der Waals surface area contributed by atoms with Gasteiger partial charge in [-0.1, -0.05) is 24.3 Å². The highest BCUT2D eigenvalue weighted by molar-refractivity contribution is 5.71. The minimum Gasteiger partial charge on any atom is -0.508 e. The van der Waals surface area contributed by atoms with E-state index in [-0.39, 0.29) is 11.5 Å². The van der Waals surface area contributed by atoms with Gasteiger partial charge in [0.2, 0.25) is 0 Å². The van der Waals surface area contributed by atoms with Gasteiger partial charge < -0.3 is 40.1 Å². The number of aromatic hydroxyl groups is 2. The predicted molar refractivity (Wildman–Crippen MR) is 114 cm³/mol. The Morgan fingerprint density at radius 1 is 0.871 bits per heavy atom. The van der Waals surface area contributed by atoms with Crippen molar-refractivity contribution in [1.82, 2.24) is 0 Å². The molecule has 0 spiro atoms. The molecule has 8 heteroatoms. The summed E-state index contributed by atoms with van der Waals surface area (Å²) in [5, 5.41) is 59.3. The Kier molecular flexibility index (Phi) is 6.88. The summed E-state index contributed by atoms with van der Waals surface area (Å²) in [6, 6.07) is 11.3. The van der Waals surface area contributed by atoms with E-state index in [1.807, 2.05) is 0 Å². The number of ether oxygens (including phenoxy) is 2. The molecule has 5 atom stereocenters. The molecule has 1 aliphatic heterocycles. The van der Waals surface area contributed by atoms with Gasteiger partial charge in [-0.15, -0.1) is 0 Å². The second-order valence-electron chi connectivity index (χ2n) is 8.14. The van der Waals surface area contributed by atoms with Gasteiger partial charge in [0.15, 0.2) is 0 Å². The van der Waals surface area contributed by atoms with Crippen LogP contribution >= 0.6 is 0 Å². The molecule has 31 heavy (non-hydrogen) atoms. The summed E-state index contributed by atoms with van der Waals surface area (Å²) in [6.45, 7) is 2.74. The summed E-state index contributed by atoms with van der Waals surface area (Å²) in [4.78, 5) is 0. The number of hydrogen-bond donors (Lipinski definition) is 6. The number of aliphatic hydroxyl groups is 4. The van der Waals surface area contributed by atoms with E-state index in [1.54, 1.807) is 62.4 Å². The zero-order valence-corrected chi connectivity index (χ0v) is 17.3. The van der Waals surface area contributed by atoms with E-state index < -0.39 is 42.7 Å². The second kappa shape index (κ2) is 9.25. The quantitative estimate of drug-likeness (QED) is 0.375. The Hall–Kier alpha value is -2.62. The first-order valence-electron chi connectivity index (χ1n) is 9.91. The first-order valence-corrected chi connectivity index (χ1v) is 9.91. The number of phenols is 2. The zero-order valence-electron chi connectivity index (χ0n) is 17.3. The van der Waals surface area contributed by atoms with Crippen molar-refractivity contribution >= 4 is 12.2 Å². The number of benzene rings is 2. The average molecular weight is 432 g/mol. The molecular formula is C23H28O8. The van der Waals surface area contributed by atoms with Gasteiger partial charge in [0, 0.05) is 6.07 Å². The van der Waals surface area contributed by atoms with E-state index in [1.165, 1.54) is 6.07 Å². The SMILES string of the molecule is CC(C)(Oc1cc(O)cc(/C=C/c2ccc(O)cc2)c1)C1OC(CO)C(O)C(O)C1O. The van der Waals surface area contributed by atoms with Crippen LogP contribution in [0.25, 0.3) is 12.2 Å². The molecular weight excluding hydrogens is 404 g/mol. The first-order chi connectivity index (χ1) is 14.6. The van der Waals surface area contributed by atoms with Gasteiger partial charge in [-0.25, -0.2) is 0 Å². The molecule has 6 N–H and O–H groups in total. The minimum absolute atomic E-state index is 0.0348. The molecule has 0 radical (unpaired) electrons. The summed E-state index contributed by atoms with van der Waals surface area (Å²) in [6.07, 6.45) is -2.93. The van der Waals surface area contributed by atoms with Gasteiger partial charge in [-0.05, 0) is 49.2 Å². The topological polar surface area (TPSA) is 140 Å². The summed E-state index contributed by atoms with van der Waals surface area (Å²) >= 11 is 0. The van der Waals surface area contributed by atoms with Gasteiger partial charge >= 0.3 is 0 Å². The van der Waals surface area contributed by atoms with E-state index in [4.69, 9.17) is 9.47 Å². The maximum absolute atomic E-state index is 10.4. The van der Waals surface area contributed by atoms with Crippen molar-refractivity contribution < 1.29 is 40.1 Å². The monoisotopic (exact) mass is 432 g/mol. The highest BCUT2D eigenvalue weighted by atomic mass is 16.6. The largest absolute Gasteiger partial charge is 0.508 e. The van der Waals surface area contributed by atoms with Crippen LogP contribution in [-0.2, 0) is 4.74 Å².